The zero-order chi connectivity index (χ0) is 12.4. The highest BCUT2D eigenvalue weighted by Gasteiger charge is 2.19. The second-order valence-electron chi connectivity index (χ2n) is 4.60. The third kappa shape index (κ3) is 2.29. The Hall–Kier alpha value is -1.68. The maximum absolute atomic E-state index is 12.8. The summed E-state index contributed by atoms with van der Waals surface area (Å²) >= 11 is 0. The smallest absolute Gasteiger partial charge is 0.226 e. The van der Waals surface area contributed by atoms with Gasteiger partial charge in [0.05, 0.1) is 6.20 Å². The molecule has 1 aliphatic heterocycles. The van der Waals surface area contributed by atoms with Crippen molar-refractivity contribution in [3.8, 4) is 11.5 Å². The molecule has 3 nitrogen and oxygen atoms in total. The molecule has 1 N–H and O–H groups in total. The third-order valence-electron chi connectivity index (χ3n) is 3.36. The summed E-state index contributed by atoms with van der Waals surface area (Å²) in [7, 11) is 0. The van der Waals surface area contributed by atoms with Gasteiger partial charge in [-0.25, -0.2) is 9.37 Å². The lowest BCUT2D eigenvalue weighted by atomic mass is 9.96. The molecule has 0 atom stereocenters. The van der Waals surface area contributed by atoms with Crippen LogP contribution in [-0.2, 0) is 0 Å². The number of nitrogens with one attached hydrogen (secondary N) is 1. The summed E-state index contributed by atoms with van der Waals surface area (Å²) in [5.41, 5.74) is 0.816. The largest absolute Gasteiger partial charge is 0.441 e. The van der Waals surface area contributed by atoms with Gasteiger partial charge in [0.25, 0.3) is 0 Å². The van der Waals surface area contributed by atoms with Gasteiger partial charge in [-0.15, -0.1) is 0 Å². The molecular weight excluding hydrogens is 231 g/mol. The van der Waals surface area contributed by atoms with Crippen LogP contribution in [0.1, 0.15) is 24.5 Å². The van der Waals surface area contributed by atoms with E-state index in [9.17, 15) is 4.39 Å². The van der Waals surface area contributed by atoms with Crippen LogP contribution in [0.4, 0.5) is 4.39 Å². The van der Waals surface area contributed by atoms with Crippen molar-refractivity contribution < 1.29 is 8.81 Å². The summed E-state index contributed by atoms with van der Waals surface area (Å²) < 4.78 is 18.6. The molecule has 2 aromatic rings. The molecule has 0 aliphatic carbocycles. The van der Waals surface area contributed by atoms with E-state index < -0.39 is 0 Å². The summed E-state index contributed by atoms with van der Waals surface area (Å²) in [6.07, 6.45) is 3.96. The molecule has 3 rings (SSSR count). The third-order valence-corrected chi connectivity index (χ3v) is 3.36. The maximum Gasteiger partial charge on any atom is 0.226 e. The molecule has 1 aromatic carbocycles. The number of halogens is 1. The highest BCUT2D eigenvalue weighted by atomic mass is 19.1. The number of hydrogen-bond donors (Lipinski definition) is 1. The van der Waals surface area contributed by atoms with Gasteiger partial charge < -0.3 is 9.73 Å². The Balaban J connectivity index is 1.82. The Kier molecular flexibility index (Phi) is 3.11. The molecule has 1 aromatic heterocycles. The lowest BCUT2D eigenvalue weighted by Crippen LogP contribution is -2.26. The first-order valence-electron chi connectivity index (χ1n) is 6.25. The minimum atomic E-state index is -0.246. The lowest BCUT2D eigenvalue weighted by Gasteiger charge is -2.19. The molecule has 0 spiro atoms. The van der Waals surface area contributed by atoms with Gasteiger partial charge in [-0.05, 0) is 50.2 Å². The molecule has 1 fully saturated rings. The van der Waals surface area contributed by atoms with Crippen LogP contribution in [0.25, 0.3) is 11.5 Å². The molecule has 0 unspecified atom stereocenters. The van der Waals surface area contributed by atoms with Gasteiger partial charge in [-0.2, -0.15) is 0 Å². The number of benzene rings is 1. The van der Waals surface area contributed by atoms with E-state index in [0.717, 1.165) is 37.3 Å². The van der Waals surface area contributed by atoms with E-state index in [0.29, 0.717) is 11.8 Å². The fourth-order valence-corrected chi connectivity index (χ4v) is 2.31. The zero-order valence-corrected chi connectivity index (χ0v) is 10.0. The van der Waals surface area contributed by atoms with Gasteiger partial charge in [0, 0.05) is 11.5 Å². The minimum absolute atomic E-state index is 0.246. The van der Waals surface area contributed by atoms with Crippen LogP contribution in [-0.4, -0.2) is 18.1 Å². The zero-order valence-electron chi connectivity index (χ0n) is 10.0. The molecule has 94 valence electrons. The van der Waals surface area contributed by atoms with Crippen LogP contribution in [0.2, 0.25) is 0 Å². The number of oxazole rings is 1. The van der Waals surface area contributed by atoms with Gasteiger partial charge in [0.15, 0.2) is 0 Å². The van der Waals surface area contributed by atoms with E-state index in [2.05, 4.69) is 10.3 Å². The number of hydrogen-bond acceptors (Lipinski definition) is 3. The topological polar surface area (TPSA) is 38.1 Å². The van der Waals surface area contributed by atoms with Gasteiger partial charge >= 0.3 is 0 Å². The normalized spacial score (nSPS) is 16.9. The first kappa shape index (κ1) is 11.4. The molecule has 1 aliphatic rings. The fourth-order valence-electron chi connectivity index (χ4n) is 2.31. The molecule has 0 bridgehead atoms. The van der Waals surface area contributed by atoms with Crippen molar-refractivity contribution in [1.82, 2.24) is 10.3 Å². The number of aromatic nitrogens is 1. The van der Waals surface area contributed by atoms with Crippen molar-refractivity contribution in [3.05, 3.63) is 42.0 Å². The first-order chi connectivity index (χ1) is 8.83. The minimum Gasteiger partial charge on any atom is -0.441 e. The summed E-state index contributed by atoms with van der Waals surface area (Å²) in [5.74, 6) is 1.72. The second kappa shape index (κ2) is 4.90. The Morgan fingerprint density at radius 2 is 1.89 bits per heavy atom. The lowest BCUT2D eigenvalue weighted by molar-refractivity contribution is 0.390. The van der Waals surface area contributed by atoms with Gasteiger partial charge in [0.1, 0.15) is 11.6 Å². The van der Waals surface area contributed by atoms with E-state index in [-0.39, 0.29) is 5.82 Å². The van der Waals surface area contributed by atoms with Crippen LogP contribution in [0.3, 0.4) is 0 Å². The molecule has 18 heavy (non-hydrogen) atoms. The molecule has 4 heteroatoms. The Morgan fingerprint density at radius 3 is 2.61 bits per heavy atom. The van der Waals surface area contributed by atoms with Crippen LogP contribution in [0.5, 0.6) is 0 Å². The summed E-state index contributed by atoms with van der Waals surface area (Å²) in [6, 6.07) is 6.22. The SMILES string of the molecule is Fc1ccc(-c2ncc(C3CCNCC3)o2)cc1. The van der Waals surface area contributed by atoms with E-state index in [4.69, 9.17) is 4.42 Å². The number of nitrogens with zero attached hydrogens (tertiary/aromatic N) is 1. The predicted octanol–water partition coefficient (Wildman–Crippen LogP) is 2.95. The van der Waals surface area contributed by atoms with Crippen molar-refractivity contribution in [1.29, 1.82) is 0 Å². The van der Waals surface area contributed by atoms with Gasteiger partial charge in [-0.1, -0.05) is 0 Å². The highest BCUT2D eigenvalue weighted by molar-refractivity contribution is 5.52. The monoisotopic (exact) mass is 246 g/mol. The van der Waals surface area contributed by atoms with Crippen molar-refractivity contribution in [2.24, 2.45) is 0 Å². The van der Waals surface area contributed by atoms with Crippen LogP contribution < -0.4 is 5.32 Å². The standard InChI is InChI=1S/C14H15FN2O/c15-12-3-1-11(2-4-12)14-17-9-13(18-14)10-5-7-16-8-6-10/h1-4,9-10,16H,5-8H2. The van der Waals surface area contributed by atoms with E-state index >= 15 is 0 Å². The molecule has 2 heterocycles. The van der Waals surface area contributed by atoms with Crippen LogP contribution in [0, 0.1) is 5.82 Å². The summed E-state index contributed by atoms with van der Waals surface area (Å²) in [6.45, 7) is 2.05. The van der Waals surface area contributed by atoms with Crippen molar-refractivity contribution in [3.63, 3.8) is 0 Å². The van der Waals surface area contributed by atoms with Crippen molar-refractivity contribution >= 4 is 0 Å². The first-order valence-corrected chi connectivity index (χ1v) is 6.25. The Labute approximate surface area is 105 Å². The van der Waals surface area contributed by atoms with Gasteiger partial charge in [0.2, 0.25) is 5.89 Å². The highest BCUT2D eigenvalue weighted by Crippen LogP contribution is 2.28. The van der Waals surface area contributed by atoms with E-state index in [1.54, 1.807) is 18.3 Å². The maximum atomic E-state index is 12.8. The number of piperidine rings is 1. The molecule has 0 saturated carbocycles. The summed E-state index contributed by atoms with van der Waals surface area (Å²) in [4.78, 5) is 4.28. The molecule has 0 radical (unpaired) electrons. The Morgan fingerprint density at radius 1 is 1.17 bits per heavy atom. The second-order valence-corrected chi connectivity index (χ2v) is 4.60. The predicted molar refractivity (Wildman–Crippen MR) is 66.7 cm³/mol. The molecular formula is C14H15FN2O. The van der Waals surface area contributed by atoms with Crippen molar-refractivity contribution in [2.45, 2.75) is 18.8 Å². The number of rotatable bonds is 2. The van der Waals surface area contributed by atoms with Crippen molar-refractivity contribution in [2.75, 3.05) is 13.1 Å². The van der Waals surface area contributed by atoms with E-state index in [1.807, 2.05) is 0 Å². The fraction of sp³-hybridized carbons (Fsp3) is 0.357. The average molecular weight is 246 g/mol. The van der Waals surface area contributed by atoms with Gasteiger partial charge in [-0.3, -0.25) is 0 Å². The van der Waals surface area contributed by atoms with Crippen LogP contribution in [0.15, 0.2) is 34.9 Å². The molecule has 0 amide bonds. The quantitative estimate of drug-likeness (QED) is 0.885. The van der Waals surface area contributed by atoms with Crippen LogP contribution >= 0.6 is 0 Å². The van der Waals surface area contributed by atoms with E-state index in [1.165, 1.54) is 12.1 Å². The summed E-state index contributed by atoms with van der Waals surface area (Å²) in [5, 5.41) is 3.33. The Bertz CT molecular complexity index is 515. The molecule has 1 saturated heterocycles. The average Bonchev–Trinajstić information content (AvgIpc) is 2.90.